The Morgan fingerprint density at radius 2 is 2.17 bits per heavy atom. The first-order valence-electron chi connectivity index (χ1n) is 5.75. The summed E-state index contributed by atoms with van der Waals surface area (Å²) in [4.78, 5) is 0. The molecule has 0 amide bonds. The lowest BCUT2D eigenvalue weighted by Crippen LogP contribution is -2.36. The Morgan fingerprint density at radius 1 is 1.44 bits per heavy atom. The van der Waals surface area contributed by atoms with Crippen molar-refractivity contribution in [2.24, 2.45) is 5.73 Å². The van der Waals surface area contributed by atoms with E-state index in [2.05, 4.69) is 0 Å². The number of sulfonamides is 1. The fraction of sp³-hybridized carbons (Fsp3) is 0.417. The first-order valence-corrected chi connectivity index (χ1v) is 7.36. The Kier molecular flexibility index (Phi) is 5.13. The van der Waals surface area contributed by atoms with Crippen LogP contribution in [0.2, 0.25) is 0 Å². The van der Waals surface area contributed by atoms with Crippen molar-refractivity contribution in [3.05, 3.63) is 29.8 Å². The molecule has 6 heteroatoms. The molecule has 0 fully saturated rings. The van der Waals surface area contributed by atoms with Crippen molar-refractivity contribution in [3.8, 4) is 6.07 Å². The van der Waals surface area contributed by atoms with Crippen molar-refractivity contribution in [2.45, 2.75) is 13.3 Å². The molecule has 18 heavy (non-hydrogen) atoms. The minimum Gasteiger partial charge on any atom is -0.329 e. The lowest BCUT2D eigenvalue weighted by atomic mass is 10.2. The Bertz CT molecular complexity index is 534. The summed E-state index contributed by atoms with van der Waals surface area (Å²) < 4.78 is 25.5. The minimum absolute atomic E-state index is 0.0732. The van der Waals surface area contributed by atoms with E-state index >= 15 is 0 Å². The zero-order chi connectivity index (χ0) is 13.6. The third-order valence-corrected chi connectivity index (χ3v) is 4.38. The monoisotopic (exact) mass is 267 g/mol. The van der Waals surface area contributed by atoms with Crippen molar-refractivity contribution in [1.29, 1.82) is 5.26 Å². The smallest absolute Gasteiger partial charge is 0.235 e. The lowest BCUT2D eigenvalue weighted by molar-refractivity contribution is 0.589. The van der Waals surface area contributed by atoms with Crippen LogP contribution in [0.3, 0.4) is 0 Å². The van der Waals surface area contributed by atoms with E-state index in [9.17, 15) is 8.42 Å². The van der Waals surface area contributed by atoms with E-state index in [-0.39, 0.29) is 18.8 Å². The SMILES string of the molecule is CCCS(=O)(=O)N(CCN)c1cccc(C#N)c1. The van der Waals surface area contributed by atoms with Gasteiger partial charge in [0.1, 0.15) is 0 Å². The molecule has 0 aromatic heterocycles. The third kappa shape index (κ3) is 3.45. The molecule has 0 radical (unpaired) electrons. The van der Waals surface area contributed by atoms with E-state index in [1.807, 2.05) is 13.0 Å². The van der Waals surface area contributed by atoms with Gasteiger partial charge in [-0.3, -0.25) is 4.31 Å². The van der Waals surface area contributed by atoms with Crippen LogP contribution in [0.5, 0.6) is 0 Å². The van der Waals surface area contributed by atoms with Crippen LogP contribution in [0.4, 0.5) is 5.69 Å². The quantitative estimate of drug-likeness (QED) is 0.835. The zero-order valence-corrected chi connectivity index (χ0v) is 11.2. The summed E-state index contributed by atoms with van der Waals surface area (Å²) in [5.74, 6) is 0.0732. The van der Waals surface area contributed by atoms with Crippen LogP contribution >= 0.6 is 0 Å². The first-order chi connectivity index (χ1) is 8.55. The van der Waals surface area contributed by atoms with Crippen molar-refractivity contribution in [1.82, 2.24) is 0 Å². The molecule has 0 bridgehead atoms. The molecule has 0 spiro atoms. The second-order valence-electron chi connectivity index (χ2n) is 3.84. The number of nitriles is 1. The van der Waals surface area contributed by atoms with Gasteiger partial charge in [0.2, 0.25) is 10.0 Å². The van der Waals surface area contributed by atoms with Gasteiger partial charge in [-0.1, -0.05) is 13.0 Å². The predicted molar refractivity (Wildman–Crippen MR) is 71.6 cm³/mol. The summed E-state index contributed by atoms with van der Waals surface area (Å²) in [5.41, 5.74) is 6.38. The van der Waals surface area contributed by atoms with Gasteiger partial charge in [-0.2, -0.15) is 5.26 Å². The average molecular weight is 267 g/mol. The number of nitrogens with two attached hydrogens (primary N) is 1. The third-order valence-electron chi connectivity index (χ3n) is 2.39. The van der Waals surface area contributed by atoms with E-state index in [0.29, 0.717) is 17.7 Å². The van der Waals surface area contributed by atoms with Gasteiger partial charge in [-0.15, -0.1) is 0 Å². The Morgan fingerprint density at radius 3 is 2.72 bits per heavy atom. The van der Waals surface area contributed by atoms with Gasteiger partial charge in [-0.25, -0.2) is 8.42 Å². The first kappa shape index (κ1) is 14.5. The lowest BCUT2D eigenvalue weighted by Gasteiger charge is -2.23. The summed E-state index contributed by atoms with van der Waals surface area (Å²) in [5, 5.41) is 8.84. The minimum atomic E-state index is -3.37. The summed E-state index contributed by atoms with van der Waals surface area (Å²) >= 11 is 0. The van der Waals surface area contributed by atoms with Crippen molar-refractivity contribution >= 4 is 15.7 Å². The molecule has 0 heterocycles. The second kappa shape index (κ2) is 6.38. The van der Waals surface area contributed by atoms with E-state index < -0.39 is 10.0 Å². The van der Waals surface area contributed by atoms with Gasteiger partial charge in [0.15, 0.2) is 0 Å². The number of anilines is 1. The topological polar surface area (TPSA) is 87.2 Å². The molecule has 0 unspecified atom stereocenters. The highest BCUT2D eigenvalue weighted by Gasteiger charge is 2.20. The van der Waals surface area contributed by atoms with Gasteiger partial charge in [0.05, 0.1) is 23.1 Å². The number of nitrogens with zero attached hydrogens (tertiary/aromatic N) is 2. The second-order valence-corrected chi connectivity index (χ2v) is 5.85. The fourth-order valence-electron chi connectivity index (χ4n) is 1.64. The molecular weight excluding hydrogens is 250 g/mol. The normalized spacial score (nSPS) is 10.9. The average Bonchev–Trinajstić information content (AvgIpc) is 2.35. The van der Waals surface area contributed by atoms with Crippen LogP contribution in [0.25, 0.3) is 0 Å². The van der Waals surface area contributed by atoms with Crippen LogP contribution < -0.4 is 10.0 Å². The molecule has 1 aromatic carbocycles. The Balaban J connectivity index is 3.16. The molecule has 98 valence electrons. The van der Waals surface area contributed by atoms with E-state index in [1.165, 1.54) is 4.31 Å². The molecule has 0 atom stereocenters. The van der Waals surface area contributed by atoms with E-state index in [0.717, 1.165) is 0 Å². The number of hydrogen-bond donors (Lipinski definition) is 1. The van der Waals surface area contributed by atoms with Crippen LogP contribution in [0, 0.1) is 11.3 Å². The molecule has 5 nitrogen and oxygen atoms in total. The highest BCUT2D eigenvalue weighted by atomic mass is 32.2. The highest BCUT2D eigenvalue weighted by Crippen LogP contribution is 2.19. The number of benzene rings is 1. The van der Waals surface area contributed by atoms with Crippen LogP contribution in [0.1, 0.15) is 18.9 Å². The number of rotatable bonds is 6. The molecule has 0 saturated carbocycles. The molecule has 0 saturated heterocycles. The maximum absolute atomic E-state index is 12.1. The van der Waals surface area contributed by atoms with E-state index in [1.54, 1.807) is 24.3 Å². The molecule has 0 aliphatic heterocycles. The van der Waals surface area contributed by atoms with Crippen molar-refractivity contribution < 1.29 is 8.42 Å². The largest absolute Gasteiger partial charge is 0.329 e. The van der Waals surface area contributed by atoms with Crippen molar-refractivity contribution in [2.75, 3.05) is 23.1 Å². The standard InChI is InChI=1S/C12H17N3O2S/c1-2-8-18(16,17)15(7-6-13)12-5-3-4-11(9-12)10-14/h3-5,9H,2,6-8,13H2,1H3. The molecule has 2 N–H and O–H groups in total. The highest BCUT2D eigenvalue weighted by molar-refractivity contribution is 7.92. The van der Waals surface area contributed by atoms with Crippen molar-refractivity contribution in [3.63, 3.8) is 0 Å². The Labute approximate surface area is 108 Å². The molecular formula is C12H17N3O2S. The fourth-order valence-corrected chi connectivity index (χ4v) is 3.20. The zero-order valence-electron chi connectivity index (χ0n) is 10.3. The predicted octanol–water partition coefficient (Wildman–Crippen LogP) is 1.06. The Hall–Kier alpha value is -1.58. The maximum atomic E-state index is 12.1. The molecule has 0 aliphatic carbocycles. The van der Waals surface area contributed by atoms with Crippen LogP contribution in [0.15, 0.2) is 24.3 Å². The number of hydrogen-bond acceptors (Lipinski definition) is 4. The van der Waals surface area contributed by atoms with Gasteiger partial charge in [-0.05, 0) is 24.6 Å². The van der Waals surface area contributed by atoms with Crippen LogP contribution in [-0.2, 0) is 10.0 Å². The molecule has 1 rings (SSSR count). The summed E-state index contributed by atoms with van der Waals surface area (Å²) in [6.45, 7) is 2.26. The van der Waals surface area contributed by atoms with Gasteiger partial charge >= 0.3 is 0 Å². The summed E-state index contributed by atoms with van der Waals surface area (Å²) in [7, 11) is -3.37. The van der Waals surface area contributed by atoms with Gasteiger partial charge in [0.25, 0.3) is 0 Å². The summed E-state index contributed by atoms with van der Waals surface area (Å²) in [6, 6.07) is 8.52. The molecule has 0 aliphatic rings. The van der Waals surface area contributed by atoms with E-state index in [4.69, 9.17) is 11.0 Å². The molecule has 1 aromatic rings. The maximum Gasteiger partial charge on any atom is 0.235 e. The summed E-state index contributed by atoms with van der Waals surface area (Å²) in [6.07, 6.45) is 0.543. The van der Waals surface area contributed by atoms with Gasteiger partial charge < -0.3 is 5.73 Å². The van der Waals surface area contributed by atoms with Gasteiger partial charge in [0, 0.05) is 13.1 Å². The van der Waals surface area contributed by atoms with Crippen LogP contribution in [-0.4, -0.2) is 27.3 Å².